The molecule has 0 heterocycles. The first-order valence-corrected chi connectivity index (χ1v) is 11.7. The predicted octanol–water partition coefficient (Wildman–Crippen LogP) is 6.96. The molecule has 0 aliphatic carbocycles. The third-order valence-electron chi connectivity index (χ3n) is 5.51. The number of amides is 1. The molecule has 3 heteroatoms. The van der Waals surface area contributed by atoms with Crippen LogP contribution < -0.4 is 5.32 Å². The Kier molecular flexibility index (Phi) is 11.6. The lowest BCUT2D eigenvalue weighted by Gasteiger charge is -2.07. The lowest BCUT2D eigenvalue weighted by atomic mass is 10.0. The van der Waals surface area contributed by atoms with Crippen molar-refractivity contribution in [3.8, 4) is 0 Å². The minimum absolute atomic E-state index is 0.0245. The number of hydrogen-bond acceptors (Lipinski definition) is 2. The van der Waals surface area contributed by atoms with Gasteiger partial charge in [-0.25, -0.2) is 0 Å². The lowest BCUT2D eigenvalue weighted by molar-refractivity contribution is 0.0951. The number of unbranched alkanes of at least 4 members (excludes halogenated alkanes) is 10. The van der Waals surface area contributed by atoms with Gasteiger partial charge < -0.3 is 5.32 Å². The molecule has 0 fully saturated rings. The molecule has 0 bridgehead atoms. The summed E-state index contributed by atoms with van der Waals surface area (Å²) in [6.45, 7) is 2.97. The Hall–Kier alpha value is -2.42. The van der Waals surface area contributed by atoms with E-state index in [0.717, 1.165) is 6.42 Å². The molecular formula is C27H37NO2. The zero-order chi connectivity index (χ0) is 21.4. The summed E-state index contributed by atoms with van der Waals surface area (Å²) in [7, 11) is 0. The third kappa shape index (κ3) is 8.94. The van der Waals surface area contributed by atoms with Gasteiger partial charge in [-0.2, -0.15) is 0 Å². The normalized spacial score (nSPS) is 10.7. The number of carbonyl (C=O) groups excluding carboxylic acids is 2. The molecule has 0 atom stereocenters. The molecule has 2 rings (SSSR count). The summed E-state index contributed by atoms with van der Waals surface area (Å²) in [6.07, 6.45) is 14.3. The molecule has 1 N–H and O–H groups in total. The third-order valence-corrected chi connectivity index (χ3v) is 5.51. The van der Waals surface area contributed by atoms with Gasteiger partial charge in [0.1, 0.15) is 0 Å². The van der Waals surface area contributed by atoms with Crippen molar-refractivity contribution in [3.05, 3.63) is 71.3 Å². The van der Waals surface area contributed by atoms with Gasteiger partial charge in [0, 0.05) is 23.2 Å². The van der Waals surface area contributed by atoms with E-state index in [9.17, 15) is 9.59 Å². The summed E-state index contributed by atoms with van der Waals surface area (Å²) in [5, 5.41) is 2.99. The second-order valence-corrected chi connectivity index (χ2v) is 8.06. The minimum atomic E-state index is -0.0687. The van der Waals surface area contributed by atoms with E-state index in [4.69, 9.17) is 0 Å². The smallest absolute Gasteiger partial charge is 0.251 e. The Morgan fingerprint density at radius 1 is 0.600 bits per heavy atom. The number of nitrogens with one attached hydrogen (secondary N) is 1. The first-order chi connectivity index (χ1) is 14.7. The lowest BCUT2D eigenvalue weighted by Crippen LogP contribution is -2.24. The highest BCUT2D eigenvalue weighted by atomic mass is 16.1. The first kappa shape index (κ1) is 23.9. The average molecular weight is 408 g/mol. The summed E-state index contributed by atoms with van der Waals surface area (Å²) >= 11 is 0. The van der Waals surface area contributed by atoms with Crippen molar-refractivity contribution in [3.63, 3.8) is 0 Å². The Morgan fingerprint density at radius 2 is 1.07 bits per heavy atom. The quantitative estimate of drug-likeness (QED) is 0.256. The Balaban J connectivity index is 1.57. The van der Waals surface area contributed by atoms with Gasteiger partial charge in [-0.15, -0.1) is 0 Å². The van der Waals surface area contributed by atoms with Gasteiger partial charge in [0.15, 0.2) is 5.78 Å². The highest BCUT2D eigenvalue weighted by Crippen LogP contribution is 2.12. The number of ketones is 1. The zero-order valence-corrected chi connectivity index (χ0v) is 18.5. The number of carbonyl (C=O) groups is 2. The van der Waals surface area contributed by atoms with Crippen molar-refractivity contribution >= 4 is 11.7 Å². The Bertz CT molecular complexity index is 737. The highest BCUT2D eigenvalue weighted by Gasteiger charge is 2.10. The van der Waals surface area contributed by atoms with E-state index in [-0.39, 0.29) is 11.7 Å². The van der Waals surface area contributed by atoms with Crippen LogP contribution in [0.15, 0.2) is 54.6 Å². The van der Waals surface area contributed by atoms with Gasteiger partial charge in [-0.05, 0) is 18.6 Å². The van der Waals surface area contributed by atoms with E-state index in [2.05, 4.69) is 12.2 Å². The molecule has 0 aliphatic heterocycles. The van der Waals surface area contributed by atoms with E-state index in [0.29, 0.717) is 23.2 Å². The molecule has 0 saturated heterocycles. The summed E-state index contributed by atoms with van der Waals surface area (Å²) in [5.41, 5.74) is 1.86. The van der Waals surface area contributed by atoms with Gasteiger partial charge >= 0.3 is 0 Å². The van der Waals surface area contributed by atoms with Crippen LogP contribution in [0.1, 0.15) is 104 Å². The molecule has 0 saturated carbocycles. The predicted molar refractivity (Wildman–Crippen MR) is 125 cm³/mol. The summed E-state index contributed by atoms with van der Waals surface area (Å²) in [5.74, 6) is -0.0932. The Labute approximate surface area is 182 Å². The van der Waals surface area contributed by atoms with Gasteiger partial charge in [0.25, 0.3) is 5.91 Å². The molecule has 2 aromatic carbocycles. The molecule has 0 radical (unpaired) electrons. The largest absolute Gasteiger partial charge is 0.352 e. The molecular weight excluding hydrogens is 370 g/mol. The van der Waals surface area contributed by atoms with E-state index >= 15 is 0 Å². The van der Waals surface area contributed by atoms with Crippen LogP contribution in [0, 0.1) is 0 Å². The second kappa shape index (κ2) is 14.5. The van der Waals surface area contributed by atoms with Crippen LogP contribution in [0.3, 0.4) is 0 Å². The molecule has 1 amide bonds. The minimum Gasteiger partial charge on any atom is -0.352 e. The van der Waals surface area contributed by atoms with Crippen LogP contribution in [0.25, 0.3) is 0 Å². The Morgan fingerprint density at radius 3 is 1.63 bits per heavy atom. The molecule has 0 unspecified atom stereocenters. The maximum absolute atomic E-state index is 12.4. The maximum atomic E-state index is 12.4. The summed E-state index contributed by atoms with van der Waals surface area (Å²) in [4.78, 5) is 24.7. The van der Waals surface area contributed by atoms with Crippen LogP contribution in [0.2, 0.25) is 0 Å². The topological polar surface area (TPSA) is 46.2 Å². The van der Waals surface area contributed by atoms with Crippen molar-refractivity contribution in [2.45, 2.75) is 77.6 Å². The fraction of sp³-hybridized carbons (Fsp3) is 0.481. The number of rotatable bonds is 15. The molecule has 2 aromatic rings. The van der Waals surface area contributed by atoms with E-state index in [1.54, 1.807) is 36.4 Å². The number of hydrogen-bond donors (Lipinski definition) is 1. The van der Waals surface area contributed by atoms with E-state index in [1.807, 2.05) is 18.2 Å². The van der Waals surface area contributed by atoms with Crippen molar-refractivity contribution < 1.29 is 9.59 Å². The fourth-order valence-corrected chi connectivity index (χ4v) is 3.62. The summed E-state index contributed by atoms with van der Waals surface area (Å²) < 4.78 is 0. The monoisotopic (exact) mass is 407 g/mol. The van der Waals surface area contributed by atoms with E-state index < -0.39 is 0 Å². The highest BCUT2D eigenvalue weighted by molar-refractivity contribution is 6.09. The molecule has 3 nitrogen and oxygen atoms in total. The molecule has 30 heavy (non-hydrogen) atoms. The molecule has 0 aromatic heterocycles. The SMILES string of the molecule is CCCCCCCCCCCCCNC(=O)c1ccc(C(=O)c2ccccc2)cc1. The van der Waals surface area contributed by atoms with Gasteiger partial charge in [-0.1, -0.05) is 114 Å². The van der Waals surface area contributed by atoms with Crippen molar-refractivity contribution in [1.29, 1.82) is 0 Å². The van der Waals surface area contributed by atoms with Crippen molar-refractivity contribution in [2.24, 2.45) is 0 Å². The molecule has 0 aliphatic rings. The molecule has 162 valence electrons. The van der Waals surface area contributed by atoms with Crippen LogP contribution in [0.5, 0.6) is 0 Å². The molecule has 0 spiro atoms. The van der Waals surface area contributed by atoms with Crippen LogP contribution >= 0.6 is 0 Å². The average Bonchev–Trinajstić information content (AvgIpc) is 2.80. The van der Waals surface area contributed by atoms with Crippen LogP contribution in [-0.2, 0) is 0 Å². The van der Waals surface area contributed by atoms with E-state index in [1.165, 1.54) is 64.2 Å². The summed E-state index contributed by atoms with van der Waals surface area (Å²) in [6, 6.07) is 16.1. The second-order valence-electron chi connectivity index (χ2n) is 8.06. The van der Waals surface area contributed by atoms with Crippen LogP contribution in [-0.4, -0.2) is 18.2 Å². The maximum Gasteiger partial charge on any atom is 0.251 e. The standard InChI is InChI=1S/C27H37NO2/c1-2-3-4-5-6-7-8-9-10-11-15-22-28-27(30)25-20-18-24(19-21-25)26(29)23-16-13-12-14-17-23/h12-14,16-21H,2-11,15,22H2,1H3,(H,28,30). The first-order valence-electron chi connectivity index (χ1n) is 11.7. The van der Waals surface area contributed by atoms with Crippen LogP contribution in [0.4, 0.5) is 0 Å². The van der Waals surface area contributed by atoms with Crippen molar-refractivity contribution in [2.75, 3.05) is 6.54 Å². The van der Waals surface area contributed by atoms with Crippen molar-refractivity contribution in [1.82, 2.24) is 5.32 Å². The van der Waals surface area contributed by atoms with Gasteiger partial charge in [0.2, 0.25) is 0 Å². The fourth-order valence-electron chi connectivity index (χ4n) is 3.62. The van der Waals surface area contributed by atoms with Gasteiger partial charge in [0.05, 0.1) is 0 Å². The zero-order valence-electron chi connectivity index (χ0n) is 18.5. The number of benzene rings is 2. The van der Waals surface area contributed by atoms with Gasteiger partial charge in [-0.3, -0.25) is 9.59 Å².